The summed E-state index contributed by atoms with van der Waals surface area (Å²) < 4.78 is 42.4. The van der Waals surface area contributed by atoms with Crippen LogP contribution in [-0.2, 0) is 0 Å². The molecule has 2 rings (SSSR count). The van der Waals surface area contributed by atoms with E-state index in [1.165, 1.54) is 0 Å². The lowest BCUT2D eigenvalue weighted by molar-refractivity contribution is -0.209. The SMILES string of the molecule is COc1cccc([C@@H](C)N2CCN(C[C@H](O)C(F)(F)F)CC2)c1. The summed E-state index contributed by atoms with van der Waals surface area (Å²) in [4.78, 5) is 3.89. The molecule has 1 heterocycles. The molecule has 0 radical (unpaired) electrons. The molecule has 0 unspecified atom stereocenters. The van der Waals surface area contributed by atoms with Gasteiger partial charge in [-0.2, -0.15) is 13.2 Å². The standard InChI is InChI=1S/C16H23F3N2O2/c1-12(13-4-3-5-14(10-13)23-2)21-8-6-20(7-9-21)11-15(22)16(17,18)19/h3-5,10,12,15,22H,6-9,11H2,1-2H3/t12-,15+/m1/s1. The lowest BCUT2D eigenvalue weighted by Crippen LogP contribution is -2.51. The second kappa shape index (κ2) is 7.51. The fraction of sp³-hybridized carbons (Fsp3) is 0.625. The maximum atomic E-state index is 12.4. The Kier molecular flexibility index (Phi) is 5.89. The van der Waals surface area contributed by atoms with Crippen molar-refractivity contribution in [1.29, 1.82) is 0 Å². The molecule has 1 saturated heterocycles. The molecular formula is C16H23F3N2O2. The molecule has 0 aliphatic carbocycles. The summed E-state index contributed by atoms with van der Waals surface area (Å²) in [5.74, 6) is 0.793. The van der Waals surface area contributed by atoms with Crippen molar-refractivity contribution in [2.24, 2.45) is 0 Å². The van der Waals surface area contributed by atoms with Crippen molar-refractivity contribution in [2.75, 3.05) is 39.8 Å². The Labute approximate surface area is 134 Å². The fourth-order valence-corrected chi connectivity index (χ4v) is 2.79. The van der Waals surface area contributed by atoms with Crippen molar-refractivity contribution in [1.82, 2.24) is 9.80 Å². The van der Waals surface area contributed by atoms with E-state index in [9.17, 15) is 13.2 Å². The van der Waals surface area contributed by atoms with Gasteiger partial charge in [0, 0.05) is 38.8 Å². The molecule has 0 amide bonds. The maximum Gasteiger partial charge on any atom is 0.415 e. The van der Waals surface area contributed by atoms with Crippen LogP contribution in [0.25, 0.3) is 0 Å². The molecule has 1 aliphatic heterocycles. The number of piperazine rings is 1. The van der Waals surface area contributed by atoms with E-state index in [0.29, 0.717) is 26.2 Å². The lowest BCUT2D eigenvalue weighted by Gasteiger charge is -2.39. The van der Waals surface area contributed by atoms with E-state index in [-0.39, 0.29) is 12.6 Å². The molecule has 23 heavy (non-hydrogen) atoms. The van der Waals surface area contributed by atoms with Gasteiger partial charge in [0.25, 0.3) is 0 Å². The first-order valence-electron chi connectivity index (χ1n) is 7.66. The number of hydrogen-bond donors (Lipinski definition) is 1. The molecule has 1 fully saturated rings. The number of benzene rings is 1. The summed E-state index contributed by atoms with van der Waals surface area (Å²) in [6.07, 6.45) is -6.82. The van der Waals surface area contributed by atoms with E-state index < -0.39 is 12.3 Å². The zero-order valence-electron chi connectivity index (χ0n) is 13.4. The fourth-order valence-electron chi connectivity index (χ4n) is 2.79. The number of halogens is 3. The van der Waals surface area contributed by atoms with Crippen LogP contribution < -0.4 is 4.74 Å². The second-order valence-electron chi connectivity index (χ2n) is 5.85. The van der Waals surface area contributed by atoms with Crippen LogP contribution in [0.3, 0.4) is 0 Å². The van der Waals surface area contributed by atoms with E-state index in [4.69, 9.17) is 9.84 Å². The number of rotatable bonds is 5. The summed E-state index contributed by atoms with van der Waals surface area (Å²) in [6, 6.07) is 7.98. The van der Waals surface area contributed by atoms with Gasteiger partial charge in [-0.15, -0.1) is 0 Å². The van der Waals surface area contributed by atoms with Crippen LogP contribution in [0.15, 0.2) is 24.3 Å². The number of nitrogens with zero attached hydrogens (tertiary/aromatic N) is 2. The molecule has 1 aromatic rings. The summed E-state index contributed by atoms with van der Waals surface area (Å²) in [5.41, 5.74) is 1.12. The number of ether oxygens (including phenoxy) is 1. The molecule has 7 heteroatoms. The van der Waals surface area contributed by atoms with Gasteiger partial charge in [0.05, 0.1) is 7.11 Å². The average Bonchev–Trinajstić information content (AvgIpc) is 2.54. The predicted octanol–water partition coefficient (Wildman–Crippen LogP) is 2.30. The number of aliphatic hydroxyl groups excluding tert-OH is 1. The second-order valence-corrected chi connectivity index (χ2v) is 5.85. The van der Waals surface area contributed by atoms with Crippen LogP contribution in [-0.4, -0.2) is 67.0 Å². The topological polar surface area (TPSA) is 35.9 Å². The Morgan fingerprint density at radius 2 is 1.87 bits per heavy atom. The number of hydrogen-bond acceptors (Lipinski definition) is 4. The Bertz CT molecular complexity index is 502. The van der Waals surface area contributed by atoms with Gasteiger partial charge in [-0.1, -0.05) is 12.1 Å². The van der Waals surface area contributed by atoms with Gasteiger partial charge in [0.2, 0.25) is 0 Å². The minimum absolute atomic E-state index is 0.166. The highest BCUT2D eigenvalue weighted by Crippen LogP contribution is 2.26. The van der Waals surface area contributed by atoms with Crippen LogP contribution in [0.2, 0.25) is 0 Å². The minimum atomic E-state index is -4.55. The molecule has 0 saturated carbocycles. The molecular weight excluding hydrogens is 309 g/mol. The van der Waals surface area contributed by atoms with E-state index in [1.54, 1.807) is 12.0 Å². The Hall–Kier alpha value is -1.31. The Balaban J connectivity index is 1.88. The molecule has 4 nitrogen and oxygen atoms in total. The molecule has 0 bridgehead atoms. The third kappa shape index (κ3) is 4.83. The molecule has 0 spiro atoms. The van der Waals surface area contributed by atoms with Gasteiger partial charge in [-0.25, -0.2) is 0 Å². The van der Waals surface area contributed by atoms with Crippen LogP contribution >= 0.6 is 0 Å². The van der Waals surface area contributed by atoms with Crippen molar-refractivity contribution in [3.63, 3.8) is 0 Å². The van der Waals surface area contributed by atoms with E-state index >= 15 is 0 Å². The highest BCUT2D eigenvalue weighted by Gasteiger charge is 2.39. The summed E-state index contributed by atoms with van der Waals surface area (Å²) >= 11 is 0. The normalized spacial score (nSPS) is 20.3. The molecule has 1 aliphatic rings. The zero-order chi connectivity index (χ0) is 17.0. The highest BCUT2D eigenvalue weighted by atomic mass is 19.4. The van der Waals surface area contributed by atoms with Gasteiger partial charge in [-0.3, -0.25) is 9.80 Å². The molecule has 130 valence electrons. The van der Waals surface area contributed by atoms with Crippen molar-refractivity contribution in [3.8, 4) is 5.75 Å². The van der Waals surface area contributed by atoms with Gasteiger partial charge < -0.3 is 9.84 Å². The largest absolute Gasteiger partial charge is 0.497 e. The van der Waals surface area contributed by atoms with E-state index in [2.05, 4.69) is 11.8 Å². The zero-order valence-corrected chi connectivity index (χ0v) is 13.4. The molecule has 2 atom stereocenters. The summed E-state index contributed by atoms with van der Waals surface area (Å²) in [5, 5.41) is 9.15. The minimum Gasteiger partial charge on any atom is -0.497 e. The number of β-amino-alcohol motifs (C(OH)–C–C–N with tert-alkyl or cyclic N) is 1. The van der Waals surface area contributed by atoms with Gasteiger partial charge >= 0.3 is 6.18 Å². The summed E-state index contributed by atoms with van der Waals surface area (Å²) in [6.45, 7) is 4.09. The highest BCUT2D eigenvalue weighted by molar-refractivity contribution is 5.30. The monoisotopic (exact) mass is 332 g/mol. The van der Waals surface area contributed by atoms with Crippen LogP contribution in [0, 0.1) is 0 Å². The number of alkyl halides is 3. The Morgan fingerprint density at radius 3 is 2.43 bits per heavy atom. The first-order valence-corrected chi connectivity index (χ1v) is 7.66. The number of aliphatic hydroxyl groups is 1. The van der Waals surface area contributed by atoms with Crippen LogP contribution in [0.1, 0.15) is 18.5 Å². The van der Waals surface area contributed by atoms with Crippen molar-refractivity contribution in [3.05, 3.63) is 29.8 Å². The van der Waals surface area contributed by atoms with Crippen molar-refractivity contribution < 1.29 is 23.0 Å². The number of methoxy groups -OCH3 is 1. The molecule has 0 aromatic heterocycles. The van der Waals surface area contributed by atoms with Crippen molar-refractivity contribution in [2.45, 2.75) is 25.2 Å². The first kappa shape index (κ1) is 18.0. The van der Waals surface area contributed by atoms with Gasteiger partial charge in [-0.05, 0) is 24.6 Å². The summed E-state index contributed by atoms with van der Waals surface area (Å²) in [7, 11) is 1.62. The van der Waals surface area contributed by atoms with Gasteiger partial charge in [0.15, 0.2) is 6.10 Å². The van der Waals surface area contributed by atoms with E-state index in [1.807, 2.05) is 24.3 Å². The van der Waals surface area contributed by atoms with Gasteiger partial charge in [0.1, 0.15) is 5.75 Å². The maximum absolute atomic E-state index is 12.4. The van der Waals surface area contributed by atoms with Crippen LogP contribution in [0.5, 0.6) is 5.75 Å². The Morgan fingerprint density at radius 1 is 1.22 bits per heavy atom. The third-order valence-electron chi connectivity index (χ3n) is 4.34. The third-order valence-corrected chi connectivity index (χ3v) is 4.34. The van der Waals surface area contributed by atoms with Crippen molar-refractivity contribution >= 4 is 0 Å². The lowest BCUT2D eigenvalue weighted by atomic mass is 10.1. The quantitative estimate of drug-likeness (QED) is 0.898. The molecule has 1 aromatic carbocycles. The smallest absolute Gasteiger partial charge is 0.415 e. The first-order chi connectivity index (χ1) is 10.8. The van der Waals surface area contributed by atoms with E-state index in [0.717, 1.165) is 11.3 Å². The average molecular weight is 332 g/mol. The van der Waals surface area contributed by atoms with Crippen LogP contribution in [0.4, 0.5) is 13.2 Å². The predicted molar refractivity (Wildman–Crippen MR) is 81.5 cm³/mol. The molecule has 1 N–H and O–H groups in total.